The molecule has 17 heteroatoms. The van der Waals surface area contributed by atoms with E-state index in [2.05, 4.69) is 49.6 Å². The monoisotopic (exact) mass is 833 g/mol. The van der Waals surface area contributed by atoms with Crippen molar-refractivity contribution in [3.8, 4) is 11.1 Å². The van der Waals surface area contributed by atoms with Crippen molar-refractivity contribution in [3.63, 3.8) is 0 Å². The van der Waals surface area contributed by atoms with Crippen molar-refractivity contribution in [2.75, 3.05) is 76.4 Å². The number of benzene rings is 3. The second-order valence-electron chi connectivity index (χ2n) is 15.0. The third kappa shape index (κ3) is 11.1. The Morgan fingerprint density at radius 1 is 0.983 bits per heavy atom. The summed E-state index contributed by atoms with van der Waals surface area (Å²) in [5.74, 6) is -0.965. The fourth-order valence-corrected chi connectivity index (χ4v) is 7.74. The van der Waals surface area contributed by atoms with Gasteiger partial charge in [0.2, 0.25) is 0 Å². The zero-order chi connectivity index (χ0) is 42.8. The highest BCUT2D eigenvalue weighted by Gasteiger charge is 2.25. The molecule has 0 unspecified atom stereocenters. The lowest BCUT2D eigenvalue weighted by atomic mass is 9.94. The lowest BCUT2D eigenvalue weighted by Crippen LogP contribution is -2.33. The predicted molar refractivity (Wildman–Crippen MR) is 237 cm³/mol. The summed E-state index contributed by atoms with van der Waals surface area (Å²) in [6.07, 6.45) is 5.87. The number of nitro groups is 1. The van der Waals surface area contributed by atoms with Crippen molar-refractivity contribution in [1.82, 2.24) is 29.5 Å². The van der Waals surface area contributed by atoms with Crippen LogP contribution in [0, 0.1) is 10.1 Å². The van der Waals surface area contributed by atoms with Crippen LogP contribution in [0.5, 0.6) is 0 Å². The van der Waals surface area contributed by atoms with Crippen LogP contribution in [0.1, 0.15) is 50.4 Å². The maximum Gasteiger partial charge on any atom is 0.355 e. The molecule has 0 saturated carbocycles. The molecule has 5 N–H and O–H groups in total. The first-order valence-electron chi connectivity index (χ1n) is 19.7. The first kappa shape index (κ1) is 43.3. The highest BCUT2D eigenvalue weighted by Crippen LogP contribution is 2.32. The van der Waals surface area contributed by atoms with E-state index in [1.165, 1.54) is 17.4 Å². The molecule has 60 heavy (non-hydrogen) atoms. The number of nitro benzene ring substituents is 1. The number of carbonyl (C=O) groups is 2. The summed E-state index contributed by atoms with van der Waals surface area (Å²) in [6, 6.07) is 21.9. The number of hydrogen-bond donors (Lipinski definition) is 4. The molecule has 0 saturated heterocycles. The third-order valence-electron chi connectivity index (χ3n) is 9.89. The van der Waals surface area contributed by atoms with Crippen LogP contribution < -0.4 is 21.3 Å². The van der Waals surface area contributed by atoms with E-state index in [4.69, 9.17) is 5.73 Å². The number of aromatic carboxylic acids is 1. The Kier molecular flexibility index (Phi) is 14.5. The molecule has 0 fully saturated rings. The maximum atomic E-state index is 13.5. The molecule has 0 atom stereocenters. The van der Waals surface area contributed by atoms with E-state index in [0.717, 1.165) is 53.8 Å². The molecule has 314 valence electrons. The van der Waals surface area contributed by atoms with Gasteiger partial charge in [0.15, 0.2) is 10.8 Å². The van der Waals surface area contributed by atoms with Crippen molar-refractivity contribution in [2.45, 2.75) is 32.4 Å². The molecule has 6 aromatic rings. The number of carboxylic acids is 1. The van der Waals surface area contributed by atoms with E-state index >= 15 is 0 Å². The number of hydrogen-bond acceptors (Lipinski definition) is 13. The Hall–Kier alpha value is -6.27. The molecule has 1 aliphatic rings. The van der Waals surface area contributed by atoms with Gasteiger partial charge in [-0.1, -0.05) is 41.7 Å². The number of nitrogens with two attached hydrogens (primary N) is 1. The van der Waals surface area contributed by atoms with Crippen molar-refractivity contribution in [2.24, 2.45) is 5.73 Å². The van der Waals surface area contributed by atoms with Gasteiger partial charge in [-0.25, -0.2) is 14.8 Å². The Bertz CT molecular complexity index is 2410. The van der Waals surface area contributed by atoms with E-state index in [1.54, 1.807) is 41.3 Å². The molecule has 1 amide bonds. The first-order chi connectivity index (χ1) is 28.9. The summed E-state index contributed by atoms with van der Waals surface area (Å²) in [5.41, 5.74) is 10.4. The van der Waals surface area contributed by atoms with E-state index in [-0.39, 0.29) is 23.8 Å². The summed E-state index contributed by atoms with van der Waals surface area (Å²) in [7, 11) is 8.06. The van der Waals surface area contributed by atoms with E-state index in [9.17, 15) is 24.8 Å². The number of rotatable bonds is 16. The van der Waals surface area contributed by atoms with Gasteiger partial charge in [0.05, 0.1) is 27.9 Å². The number of fused-ring (bicyclic) bond motifs is 2. The number of aromatic nitrogens is 4. The molecule has 4 heterocycles. The Labute approximate surface area is 352 Å². The molecule has 0 spiro atoms. The van der Waals surface area contributed by atoms with Gasteiger partial charge in [0.25, 0.3) is 11.6 Å². The fourth-order valence-electron chi connectivity index (χ4n) is 6.88. The van der Waals surface area contributed by atoms with Gasteiger partial charge in [-0.15, -0.1) is 0 Å². The van der Waals surface area contributed by atoms with Crippen molar-refractivity contribution in [3.05, 3.63) is 123 Å². The van der Waals surface area contributed by atoms with Gasteiger partial charge in [0.1, 0.15) is 11.5 Å². The average molecular weight is 834 g/mol. The van der Waals surface area contributed by atoms with E-state index < -0.39 is 10.9 Å². The largest absolute Gasteiger partial charge is 0.476 e. The molecule has 16 nitrogen and oxygen atoms in total. The number of carbonyl (C=O) groups excluding carboxylic acids is 1. The van der Waals surface area contributed by atoms with Crippen molar-refractivity contribution >= 4 is 55.8 Å². The second kappa shape index (κ2) is 20.1. The Morgan fingerprint density at radius 2 is 1.77 bits per heavy atom. The number of amides is 1. The topological polar surface area (TPSA) is 201 Å². The minimum atomic E-state index is -1.19. The number of anilines is 3. The van der Waals surface area contributed by atoms with Gasteiger partial charge in [0, 0.05) is 48.6 Å². The second-order valence-corrected chi connectivity index (χ2v) is 16.0. The fraction of sp³-hybridized carbons (Fsp3) is 0.326. The Morgan fingerprint density at radius 3 is 2.48 bits per heavy atom. The lowest BCUT2D eigenvalue weighted by Gasteiger charge is -2.31. The van der Waals surface area contributed by atoms with Crippen LogP contribution in [0.15, 0.2) is 85.2 Å². The smallest absolute Gasteiger partial charge is 0.355 e. The molecular weight excluding hydrogens is 783 g/mol. The highest BCUT2D eigenvalue weighted by atomic mass is 32.1. The third-order valence-corrected chi connectivity index (χ3v) is 10.8. The summed E-state index contributed by atoms with van der Waals surface area (Å²) >= 11 is 1.41. The molecule has 3 aromatic heterocycles. The number of pyridine rings is 1. The molecule has 0 bridgehead atoms. The van der Waals surface area contributed by atoms with Crippen molar-refractivity contribution < 1.29 is 19.6 Å². The molecule has 0 radical (unpaired) electrons. The van der Waals surface area contributed by atoms with Gasteiger partial charge in [-0.05, 0) is 120 Å². The number of nitrogens with zero attached hydrogens (tertiary/aromatic N) is 8. The minimum Gasteiger partial charge on any atom is -0.476 e. The molecule has 1 aliphatic heterocycles. The van der Waals surface area contributed by atoms with Crippen LogP contribution in [0.3, 0.4) is 0 Å². The van der Waals surface area contributed by atoms with Gasteiger partial charge in [-0.2, -0.15) is 5.10 Å². The number of para-hydroxylation sites is 1. The first-order valence-corrected chi connectivity index (χ1v) is 20.5. The molecule has 7 rings (SSSR count). The number of carboxylic acid groups (broad SMARTS) is 1. The number of nitrogens with one attached hydrogen (secondary N) is 2. The van der Waals surface area contributed by atoms with Crippen LogP contribution in [0.2, 0.25) is 0 Å². The SMILES string of the molecule is CN(C)CCCN.CN(C)CCCNc1ccc(Cn2cc(-c3ccc(N4CCc5cccc(C(=O)Nc6nc7ccccc7s6)c5C4)nc3C(=O)O)cn2)cc1[N+](=O)[O-]. The molecule has 3 aromatic carbocycles. The van der Waals surface area contributed by atoms with Gasteiger partial charge < -0.3 is 30.9 Å². The zero-order valence-electron chi connectivity index (χ0n) is 34.3. The zero-order valence-corrected chi connectivity index (χ0v) is 35.1. The van der Waals surface area contributed by atoms with Gasteiger partial charge in [-0.3, -0.25) is 24.9 Å². The number of thiazole rings is 1. The van der Waals surface area contributed by atoms with Crippen LogP contribution >= 0.6 is 11.3 Å². The maximum absolute atomic E-state index is 13.5. The normalized spacial score (nSPS) is 12.3. The van der Waals surface area contributed by atoms with Crippen LogP contribution in [0.4, 0.5) is 22.3 Å². The summed E-state index contributed by atoms with van der Waals surface area (Å²) < 4.78 is 2.59. The Balaban J connectivity index is 0.000000793. The summed E-state index contributed by atoms with van der Waals surface area (Å²) in [4.78, 5) is 52.8. The quantitative estimate of drug-likeness (QED) is 0.0483. The molecular formula is C43H51N11O5S. The van der Waals surface area contributed by atoms with Crippen LogP contribution in [-0.2, 0) is 19.5 Å². The van der Waals surface area contributed by atoms with Crippen molar-refractivity contribution in [1.29, 1.82) is 0 Å². The minimum absolute atomic E-state index is 0.0195. The lowest BCUT2D eigenvalue weighted by molar-refractivity contribution is -0.384. The molecule has 0 aliphatic carbocycles. The standard InChI is InChI=1S/C38H37N9O5S.C5H14N2/c1-44(2)17-6-16-39-30-13-11-24(19-32(30)47(51)52)21-46-22-26(20-40-46)27-12-14-34(42-35(27)37(49)50)45-18-15-25-7-5-8-28(29(25)23-45)36(48)43-38-41-31-9-3-4-10-33(31)53-38;1-7(2)5-3-4-6/h3-5,7-14,19-20,22,39H,6,15-18,21,23H2,1-2H3,(H,49,50)(H,41,43,48);3-6H2,1-2H3. The van der Waals surface area contributed by atoms with Gasteiger partial charge >= 0.3 is 5.97 Å². The highest BCUT2D eigenvalue weighted by molar-refractivity contribution is 7.22. The predicted octanol–water partition coefficient (Wildman–Crippen LogP) is 6.28. The van der Waals surface area contributed by atoms with E-state index in [1.807, 2.05) is 61.5 Å². The van der Waals surface area contributed by atoms with Crippen LogP contribution in [0.25, 0.3) is 21.3 Å². The summed E-state index contributed by atoms with van der Waals surface area (Å²) in [6.45, 7) is 4.60. The summed E-state index contributed by atoms with van der Waals surface area (Å²) in [5, 5.41) is 33.1. The average Bonchev–Trinajstić information content (AvgIpc) is 3.88. The van der Waals surface area contributed by atoms with Crippen LogP contribution in [-0.4, -0.2) is 112 Å². The van der Waals surface area contributed by atoms with E-state index in [0.29, 0.717) is 64.9 Å².